The summed E-state index contributed by atoms with van der Waals surface area (Å²) in [4.78, 5) is 12.2. The van der Waals surface area contributed by atoms with Crippen molar-refractivity contribution in [2.45, 2.75) is 26.3 Å². The molecular formula is C16H25ClN2O3. The van der Waals surface area contributed by atoms with Crippen molar-refractivity contribution in [2.75, 3.05) is 26.8 Å². The van der Waals surface area contributed by atoms with Crippen LogP contribution in [0.25, 0.3) is 0 Å². The Hall–Kier alpha value is -1.46. The molecule has 0 saturated carbocycles. The van der Waals surface area contributed by atoms with Gasteiger partial charge in [-0.05, 0) is 43.7 Å². The third-order valence-corrected chi connectivity index (χ3v) is 3.68. The average molecular weight is 329 g/mol. The molecule has 1 amide bonds. The lowest BCUT2D eigenvalue weighted by molar-refractivity contribution is -0.126. The largest absolute Gasteiger partial charge is 0.497 e. The van der Waals surface area contributed by atoms with E-state index in [2.05, 4.69) is 24.5 Å². The number of hydrogen-bond donors (Lipinski definition) is 2. The molecule has 0 fully saturated rings. The number of amides is 1. The standard InChI is InChI=1S/C16H24N2O3.ClH/c1-4-17-11(2)9-18-16(19)13-7-12-8-14(20-3)5-6-15(12)21-10-13;/h5-6,8,11,13,17H,4,7,9-10H2,1-3H3,(H,18,19);1H/t11-,13?;/m1./s1. The summed E-state index contributed by atoms with van der Waals surface area (Å²) in [6, 6.07) is 5.99. The summed E-state index contributed by atoms with van der Waals surface area (Å²) < 4.78 is 10.9. The van der Waals surface area contributed by atoms with Crippen molar-refractivity contribution < 1.29 is 14.3 Å². The van der Waals surface area contributed by atoms with Crippen LogP contribution in [-0.2, 0) is 11.2 Å². The van der Waals surface area contributed by atoms with Crippen molar-refractivity contribution in [3.63, 3.8) is 0 Å². The zero-order valence-corrected chi connectivity index (χ0v) is 14.2. The number of benzene rings is 1. The number of ether oxygens (including phenoxy) is 2. The molecule has 22 heavy (non-hydrogen) atoms. The maximum Gasteiger partial charge on any atom is 0.226 e. The third-order valence-electron chi connectivity index (χ3n) is 3.68. The molecule has 0 spiro atoms. The predicted octanol–water partition coefficient (Wildman–Crippen LogP) is 1.78. The highest BCUT2D eigenvalue weighted by atomic mass is 35.5. The first-order valence-electron chi connectivity index (χ1n) is 7.44. The van der Waals surface area contributed by atoms with Crippen LogP contribution in [0, 0.1) is 5.92 Å². The van der Waals surface area contributed by atoms with Gasteiger partial charge in [-0.1, -0.05) is 6.92 Å². The lowest BCUT2D eigenvalue weighted by Gasteiger charge is -2.25. The molecule has 2 N–H and O–H groups in total. The highest BCUT2D eigenvalue weighted by Gasteiger charge is 2.26. The van der Waals surface area contributed by atoms with E-state index in [0.29, 0.717) is 19.6 Å². The van der Waals surface area contributed by atoms with Gasteiger partial charge in [-0.15, -0.1) is 12.4 Å². The van der Waals surface area contributed by atoms with Gasteiger partial charge in [-0.2, -0.15) is 0 Å². The van der Waals surface area contributed by atoms with Crippen LogP contribution in [0.1, 0.15) is 19.4 Å². The highest BCUT2D eigenvalue weighted by Crippen LogP contribution is 2.30. The van der Waals surface area contributed by atoms with Gasteiger partial charge >= 0.3 is 0 Å². The number of halogens is 1. The molecule has 5 nitrogen and oxygen atoms in total. The van der Waals surface area contributed by atoms with Gasteiger partial charge in [0.1, 0.15) is 18.1 Å². The number of rotatable bonds is 6. The topological polar surface area (TPSA) is 59.6 Å². The Morgan fingerprint density at radius 1 is 1.50 bits per heavy atom. The van der Waals surface area contributed by atoms with Gasteiger partial charge < -0.3 is 20.1 Å². The summed E-state index contributed by atoms with van der Waals surface area (Å²) in [5.74, 6) is 1.55. The van der Waals surface area contributed by atoms with E-state index < -0.39 is 0 Å². The second-order valence-electron chi connectivity index (χ2n) is 5.39. The Bertz CT molecular complexity index is 496. The van der Waals surface area contributed by atoms with Crippen molar-refractivity contribution in [3.8, 4) is 11.5 Å². The van der Waals surface area contributed by atoms with Crippen LogP contribution in [0.15, 0.2) is 18.2 Å². The van der Waals surface area contributed by atoms with Crippen molar-refractivity contribution >= 4 is 18.3 Å². The quantitative estimate of drug-likeness (QED) is 0.835. The zero-order valence-electron chi connectivity index (χ0n) is 13.3. The number of hydrogen-bond acceptors (Lipinski definition) is 4. The van der Waals surface area contributed by atoms with E-state index in [0.717, 1.165) is 23.6 Å². The minimum Gasteiger partial charge on any atom is -0.497 e. The first-order chi connectivity index (χ1) is 10.1. The molecule has 0 bridgehead atoms. The van der Waals surface area contributed by atoms with Crippen LogP contribution in [0.5, 0.6) is 11.5 Å². The molecule has 0 aliphatic carbocycles. The lowest BCUT2D eigenvalue weighted by Crippen LogP contribution is -2.43. The van der Waals surface area contributed by atoms with E-state index in [1.54, 1.807) is 7.11 Å². The molecule has 1 heterocycles. The maximum atomic E-state index is 12.2. The summed E-state index contributed by atoms with van der Waals surface area (Å²) in [7, 11) is 1.64. The molecule has 1 aromatic rings. The van der Waals surface area contributed by atoms with E-state index in [1.165, 1.54) is 0 Å². The molecule has 1 aliphatic rings. The SMILES string of the molecule is CCN[C@H](C)CNC(=O)C1COc2ccc(OC)cc2C1.Cl. The summed E-state index contributed by atoms with van der Waals surface area (Å²) >= 11 is 0. The van der Waals surface area contributed by atoms with Crippen LogP contribution < -0.4 is 20.1 Å². The van der Waals surface area contributed by atoms with Crippen LogP contribution in [0.4, 0.5) is 0 Å². The average Bonchev–Trinajstić information content (AvgIpc) is 2.51. The van der Waals surface area contributed by atoms with Gasteiger partial charge in [0, 0.05) is 12.6 Å². The van der Waals surface area contributed by atoms with Crippen molar-refractivity contribution in [2.24, 2.45) is 5.92 Å². The molecule has 1 aromatic carbocycles. The Morgan fingerprint density at radius 3 is 2.95 bits per heavy atom. The van der Waals surface area contributed by atoms with E-state index in [1.807, 2.05) is 18.2 Å². The Labute approximate surface area is 138 Å². The number of likely N-dealkylation sites (N-methyl/N-ethyl adjacent to an activating group) is 1. The normalized spacial score (nSPS) is 17.5. The van der Waals surface area contributed by atoms with E-state index >= 15 is 0 Å². The molecule has 0 aromatic heterocycles. The minimum absolute atomic E-state index is 0. The van der Waals surface area contributed by atoms with Gasteiger partial charge in [0.05, 0.1) is 13.0 Å². The molecular weight excluding hydrogens is 304 g/mol. The molecule has 2 atom stereocenters. The first kappa shape index (κ1) is 18.6. The molecule has 0 saturated heterocycles. The molecule has 2 rings (SSSR count). The van der Waals surface area contributed by atoms with E-state index in [4.69, 9.17) is 9.47 Å². The van der Waals surface area contributed by atoms with Crippen molar-refractivity contribution in [3.05, 3.63) is 23.8 Å². The van der Waals surface area contributed by atoms with Gasteiger partial charge in [-0.25, -0.2) is 0 Å². The summed E-state index contributed by atoms with van der Waals surface area (Å²) in [6.07, 6.45) is 0.688. The number of fused-ring (bicyclic) bond motifs is 1. The smallest absolute Gasteiger partial charge is 0.226 e. The monoisotopic (exact) mass is 328 g/mol. The maximum absolute atomic E-state index is 12.2. The fourth-order valence-electron chi connectivity index (χ4n) is 2.48. The van der Waals surface area contributed by atoms with Gasteiger partial charge in [-0.3, -0.25) is 4.79 Å². The molecule has 6 heteroatoms. The first-order valence-corrected chi connectivity index (χ1v) is 7.44. The van der Waals surface area contributed by atoms with Gasteiger partial charge in [0.2, 0.25) is 5.91 Å². The van der Waals surface area contributed by atoms with Crippen LogP contribution in [-0.4, -0.2) is 38.8 Å². The molecule has 0 radical (unpaired) electrons. The number of carbonyl (C=O) groups excluding carboxylic acids is 1. The summed E-state index contributed by atoms with van der Waals surface area (Å²) in [5, 5.41) is 6.26. The zero-order chi connectivity index (χ0) is 15.2. The summed E-state index contributed by atoms with van der Waals surface area (Å²) in [5.41, 5.74) is 1.03. The second kappa shape index (κ2) is 8.86. The Kier molecular flexibility index (Phi) is 7.48. The number of methoxy groups -OCH3 is 1. The van der Waals surface area contributed by atoms with Gasteiger partial charge in [0.25, 0.3) is 0 Å². The molecule has 124 valence electrons. The van der Waals surface area contributed by atoms with Crippen molar-refractivity contribution in [1.29, 1.82) is 0 Å². The van der Waals surface area contributed by atoms with Crippen molar-refractivity contribution in [1.82, 2.24) is 10.6 Å². The van der Waals surface area contributed by atoms with E-state index in [9.17, 15) is 4.79 Å². The third kappa shape index (κ3) is 4.78. The van der Waals surface area contributed by atoms with Crippen LogP contribution in [0.3, 0.4) is 0 Å². The van der Waals surface area contributed by atoms with Crippen LogP contribution >= 0.6 is 12.4 Å². The summed E-state index contributed by atoms with van der Waals surface area (Å²) in [6.45, 7) is 6.07. The second-order valence-corrected chi connectivity index (χ2v) is 5.39. The lowest BCUT2D eigenvalue weighted by atomic mass is 9.95. The molecule has 1 aliphatic heterocycles. The molecule has 1 unspecified atom stereocenters. The minimum atomic E-state index is -0.140. The fraction of sp³-hybridized carbons (Fsp3) is 0.562. The van der Waals surface area contributed by atoms with Gasteiger partial charge in [0.15, 0.2) is 0 Å². The highest BCUT2D eigenvalue weighted by molar-refractivity contribution is 5.85. The number of carbonyl (C=O) groups is 1. The Balaban J connectivity index is 0.00000242. The fourth-order valence-corrected chi connectivity index (χ4v) is 2.48. The van der Waals surface area contributed by atoms with E-state index in [-0.39, 0.29) is 30.3 Å². The van der Waals surface area contributed by atoms with Crippen LogP contribution in [0.2, 0.25) is 0 Å². The number of nitrogens with one attached hydrogen (secondary N) is 2. The predicted molar refractivity (Wildman–Crippen MR) is 89.1 cm³/mol. The Morgan fingerprint density at radius 2 is 2.27 bits per heavy atom.